The smallest absolute Gasteiger partial charge is 0.150 e. The Balaban J connectivity index is 2.02. The van der Waals surface area contributed by atoms with Crippen molar-refractivity contribution in [3.8, 4) is 0 Å². The van der Waals surface area contributed by atoms with Crippen molar-refractivity contribution in [1.29, 1.82) is 0 Å². The quantitative estimate of drug-likeness (QED) is 0.869. The molecule has 1 aliphatic rings. The van der Waals surface area contributed by atoms with Gasteiger partial charge in [-0.25, -0.2) is 13.4 Å². The highest BCUT2D eigenvalue weighted by atomic mass is 32.2. The van der Waals surface area contributed by atoms with Gasteiger partial charge in [0.15, 0.2) is 9.84 Å². The molecule has 17 heavy (non-hydrogen) atoms. The lowest BCUT2D eigenvalue weighted by molar-refractivity contribution is 0.351. The van der Waals surface area contributed by atoms with E-state index < -0.39 is 9.84 Å². The van der Waals surface area contributed by atoms with E-state index in [4.69, 9.17) is 0 Å². The molecule has 0 amide bonds. The Labute approximate surface area is 106 Å². The van der Waals surface area contributed by atoms with Crippen molar-refractivity contribution >= 4 is 21.2 Å². The summed E-state index contributed by atoms with van der Waals surface area (Å²) in [6, 6.07) is 0. The predicted octanol–water partition coefficient (Wildman–Crippen LogP) is 0.956. The van der Waals surface area contributed by atoms with E-state index in [9.17, 15) is 8.42 Å². The summed E-state index contributed by atoms with van der Waals surface area (Å²) in [6.45, 7) is 0.861. The summed E-state index contributed by atoms with van der Waals surface area (Å²) in [4.78, 5) is 4.29. The molecular weight excluding hydrogens is 256 g/mol. The molecule has 1 fully saturated rings. The molecule has 0 aromatic carbocycles. The lowest BCUT2D eigenvalue weighted by Gasteiger charge is -2.21. The van der Waals surface area contributed by atoms with Crippen LogP contribution in [0, 0.1) is 11.8 Å². The zero-order valence-electron chi connectivity index (χ0n) is 9.93. The third kappa shape index (κ3) is 3.50. The molecule has 2 atom stereocenters. The zero-order valence-corrected chi connectivity index (χ0v) is 11.6. The summed E-state index contributed by atoms with van der Waals surface area (Å²) in [5.74, 6) is 1.38. The minimum Gasteiger partial charge on any atom is -0.319 e. The van der Waals surface area contributed by atoms with Crippen LogP contribution in [0.2, 0.25) is 0 Å². The normalized spacial score (nSPS) is 24.9. The van der Waals surface area contributed by atoms with E-state index in [1.807, 2.05) is 18.6 Å². The van der Waals surface area contributed by atoms with Crippen molar-refractivity contribution in [3.63, 3.8) is 0 Å². The first kappa shape index (κ1) is 13.0. The van der Waals surface area contributed by atoms with Crippen molar-refractivity contribution in [2.75, 3.05) is 25.1 Å². The number of nitrogens with one attached hydrogen (secondary N) is 1. The zero-order chi connectivity index (χ0) is 12.3. The monoisotopic (exact) mass is 274 g/mol. The molecule has 0 aliphatic carbocycles. The van der Waals surface area contributed by atoms with E-state index in [0.29, 0.717) is 17.4 Å². The van der Waals surface area contributed by atoms with Gasteiger partial charge in [0.2, 0.25) is 0 Å². The number of hydrogen-bond acceptors (Lipinski definition) is 5. The van der Waals surface area contributed by atoms with Gasteiger partial charge in [-0.15, -0.1) is 11.3 Å². The number of hydrogen-bond donors (Lipinski definition) is 1. The fourth-order valence-corrected chi connectivity index (χ4v) is 5.07. The Morgan fingerprint density at radius 1 is 1.65 bits per heavy atom. The van der Waals surface area contributed by atoms with Crippen LogP contribution in [0.5, 0.6) is 0 Å². The van der Waals surface area contributed by atoms with E-state index in [1.165, 1.54) is 0 Å². The maximum absolute atomic E-state index is 11.5. The van der Waals surface area contributed by atoms with Crippen molar-refractivity contribution in [3.05, 3.63) is 16.6 Å². The molecule has 2 unspecified atom stereocenters. The number of rotatable bonds is 5. The highest BCUT2D eigenvalue weighted by molar-refractivity contribution is 7.91. The van der Waals surface area contributed by atoms with Crippen LogP contribution in [-0.2, 0) is 16.3 Å². The maximum Gasteiger partial charge on any atom is 0.150 e. The molecule has 1 aromatic rings. The predicted molar refractivity (Wildman–Crippen MR) is 70.0 cm³/mol. The van der Waals surface area contributed by atoms with Crippen LogP contribution in [0.1, 0.15) is 11.4 Å². The van der Waals surface area contributed by atoms with Crippen LogP contribution in [0.25, 0.3) is 0 Å². The van der Waals surface area contributed by atoms with Crippen LogP contribution in [0.4, 0.5) is 0 Å². The molecule has 1 saturated heterocycles. The SMILES string of the molecule is CNCC(Cc1nccs1)C1CCS(=O)(=O)C1. The molecule has 1 aliphatic heterocycles. The van der Waals surface area contributed by atoms with Crippen molar-refractivity contribution in [2.24, 2.45) is 11.8 Å². The summed E-state index contributed by atoms with van der Waals surface area (Å²) in [7, 11) is -0.868. The van der Waals surface area contributed by atoms with Gasteiger partial charge in [-0.05, 0) is 31.8 Å². The number of aromatic nitrogens is 1. The van der Waals surface area contributed by atoms with E-state index in [-0.39, 0.29) is 5.92 Å². The molecule has 1 N–H and O–H groups in total. The highest BCUT2D eigenvalue weighted by Crippen LogP contribution is 2.28. The Hall–Kier alpha value is -0.460. The Bertz CT molecular complexity index is 442. The lowest BCUT2D eigenvalue weighted by Crippen LogP contribution is -2.28. The van der Waals surface area contributed by atoms with Gasteiger partial charge in [-0.3, -0.25) is 0 Å². The van der Waals surface area contributed by atoms with Crippen molar-refractivity contribution in [1.82, 2.24) is 10.3 Å². The van der Waals surface area contributed by atoms with Crippen LogP contribution in [0.15, 0.2) is 11.6 Å². The van der Waals surface area contributed by atoms with Crippen LogP contribution in [-0.4, -0.2) is 38.5 Å². The van der Waals surface area contributed by atoms with Gasteiger partial charge in [0.1, 0.15) is 0 Å². The third-order valence-corrected chi connectivity index (χ3v) is 5.92. The Morgan fingerprint density at radius 2 is 2.47 bits per heavy atom. The summed E-state index contributed by atoms with van der Waals surface area (Å²) >= 11 is 1.65. The fourth-order valence-electron chi connectivity index (χ4n) is 2.44. The van der Waals surface area contributed by atoms with Crippen LogP contribution in [0.3, 0.4) is 0 Å². The molecule has 0 radical (unpaired) electrons. The molecule has 6 heteroatoms. The summed E-state index contributed by atoms with van der Waals surface area (Å²) in [5, 5.41) is 6.24. The maximum atomic E-state index is 11.5. The number of sulfone groups is 1. The highest BCUT2D eigenvalue weighted by Gasteiger charge is 2.33. The average molecular weight is 274 g/mol. The molecule has 0 bridgehead atoms. The molecule has 0 saturated carbocycles. The first-order valence-electron chi connectivity index (χ1n) is 5.84. The molecule has 4 nitrogen and oxygen atoms in total. The molecule has 0 spiro atoms. The first-order valence-corrected chi connectivity index (χ1v) is 8.54. The average Bonchev–Trinajstić information content (AvgIpc) is 2.87. The molecular formula is C11H18N2O2S2. The molecule has 96 valence electrons. The molecule has 2 rings (SSSR count). The second-order valence-corrected chi connectivity index (χ2v) is 7.82. The second-order valence-electron chi connectivity index (χ2n) is 4.61. The van der Waals surface area contributed by atoms with E-state index in [2.05, 4.69) is 10.3 Å². The first-order chi connectivity index (χ1) is 8.11. The minimum absolute atomic E-state index is 0.288. The molecule has 1 aromatic heterocycles. The topological polar surface area (TPSA) is 59.1 Å². The second kappa shape index (κ2) is 5.46. The Morgan fingerprint density at radius 3 is 3.00 bits per heavy atom. The van der Waals surface area contributed by atoms with Gasteiger partial charge in [-0.1, -0.05) is 0 Å². The van der Waals surface area contributed by atoms with Crippen LogP contribution < -0.4 is 5.32 Å². The lowest BCUT2D eigenvalue weighted by atomic mass is 9.89. The van der Waals surface area contributed by atoms with Gasteiger partial charge < -0.3 is 5.32 Å². The summed E-state index contributed by atoms with van der Waals surface area (Å²) in [6.07, 6.45) is 3.50. The molecule has 2 heterocycles. The van der Waals surface area contributed by atoms with Gasteiger partial charge >= 0.3 is 0 Å². The van der Waals surface area contributed by atoms with E-state index >= 15 is 0 Å². The minimum atomic E-state index is -2.78. The van der Waals surface area contributed by atoms with Gasteiger partial charge in [0.05, 0.1) is 16.5 Å². The van der Waals surface area contributed by atoms with E-state index in [0.717, 1.165) is 24.4 Å². The van der Waals surface area contributed by atoms with Gasteiger partial charge in [0, 0.05) is 18.0 Å². The van der Waals surface area contributed by atoms with Crippen molar-refractivity contribution < 1.29 is 8.42 Å². The van der Waals surface area contributed by atoms with E-state index in [1.54, 1.807) is 11.3 Å². The van der Waals surface area contributed by atoms with Crippen molar-refractivity contribution in [2.45, 2.75) is 12.8 Å². The fraction of sp³-hybridized carbons (Fsp3) is 0.727. The van der Waals surface area contributed by atoms with Crippen LogP contribution >= 0.6 is 11.3 Å². The number of nitrogens with zero attached hydrogens (tertiary/aromatic N) is 1. The Kier molecular flexibility index (Phi) is 4.17. The third-order valence-electron chi connectivity index (χ3n) is 3.32. The summed E-state index contributed by atoms with van der Waals surface area (Å²) < 4.78 is 23.0. The standard InChI is InChI=1S/C11H18N2O2S2/c1-12-7-10(6-11-13-3-4-16-11)9-2-5-17(14,15)8-9/h3-4,9-10,12H,2,5-8H2,1H3. The van der Waals surface area contributed by atoms with Gasteiger partial charge in [0.25, 0.3) is 0 Å². The van der Waals surface area contributed by atoms with Gasteiger partial charge in [-0.2, -0.15) is 0 Å². The largest absolute Gasteiger partial charge is 0.319 e. The summed E-state index contributed by atoms with van der Waals surface area (Å²) in [5.41, 5.74) is 0. The number of thiazole rings is 1.